The fraction of sp³-hybridized carbons (Fsp3) is 1.00. The molecular formula is C12H24. The Bertz CT molecular complexity index is 146. The van der Waals surface area contributed by atoms with Gasteiger partial charge in [-0.15, -0.1) is 0 Å². The van der Waals surface area contributed by atoms with Crippen LogP contribution in [0.25, 0.3) is 0 Å². The summed E-state index contributed by atoms with van der Waals surface area (Å²) in [6, 6.07) is 0. The van der Waals surface area contributed by atoms with Gasteiger partial charge in [0.1, 0.15) is 0 Å². The Kier molecular flexibility index (Phi) is 2.85. The summed E-state index contributed by atoms with van der Waals surface area (Å²) in [5, 5.41) is 0. The minimum atomic E-state index is 0.633. The van der Waals surface area contributed by atoms with E-state index in [1.807, 2.05) is 0 Å². The molecule has 0 heterocycles. The van der Waals surface area contributed by atoms with Crippen molar-refractivity contribution >= 4 is 0 Å². The molecule has 72 valence electrons. The molecule has 0 aliphatic heterocycles. The van der Waals surface area contributed by atoms with E-state index >= 15 is 0 Å². The molecule has 0 radical (unpaired) electrons. The van der Waals surface area contributed by atoms with E-state index in [2.05, 4.69) is 34.6 Å². The summed E-state index contributed by atoms with van der Waals surface area (Å²) in [5.41, 5.74) is 0.633. The van der Waals surface area contributed by atoms with Crippen molar-refractivity contribution in [3.8, 4) is 0 Å². The van der Waals surface area contributed by atoms with Crippen molar-refractivity contribution in [2.24, 2.45) is 23.2 Å². The highest BCUT2D eigenvalue weighted by Gasteiger charge is 2.41. The maximum absolute atomic E-state index is 2.50. The Balaban J connectivity index is 2.74. The lowest BCUT2D eigenvalue weighted by Gasteiger charge is -2.38. The maximum atomic E-state index is 2.50. The average Bonchev–Trinajstić information content (AvgIpc) is 2.32. The van der Waals surface area contributed by atoms with Gasteiger partial charge in [-0.25, -0.2) is 0 Å². The molecule has 2 unspecified atom stereocenters. The predicted molar refractivity (Wildman–Crippen MR) is 55.1 cm³/mol. The first-order valence-electron chi connectivity index (χ1n) is 5.48. The van der Waals surface area contributed by atoms with Crippen LogP contribution in [0.5, 0.6) is 0 Å². The molecule has 0 amide bonds. The van der Waals surface area contributed by atoms with Crippen molar-refractivity contribution in [3.05, 3.63) is 0 Å². The lowest BCUT2D eigenvalue weighted by Crippen LogP contribution is -2.30. The summed E-state index contributed by atoms with van der Waals surface area (Å²) >= 11 is 0. The van der Waals surface area contributed by atoms with Gasteiger partial charge in [0.25, 0.3) is 0 Å². The van der Waals surface area contributed by atoms with Crippen LogP contribution in [0.4, 0.5) is 0 Å². The van der Waals surface area contributed by atoms with E-state index in [1.54, 1.807) is 0 Å². The Morgan fingerprint density at radius 1 is 1.17 bits per heavy atom. The number of rotatable bonds is 2. The highest BCUT2D eigenvalue weighted by molar-refractivity contribution is 4.91. The summed E-state index contributed by atoms with van der Waals surface area (Å²) in [5.74, 6) is 2.70. The normalized spacial score (nSPS) is 36.8. The molecule has 12 heavy (non-hydrogen) atoms. The van der Waals surface area contributed by atoms with E-state index in [-0.39, 0.29) is 0 Å². The average molecular weight is 168 g/mol. The van der Waals surface area contributed by atoms with Gasteiger partial charge < -0.3 is 0 Å². The van der Waals surface area contributed by atoms with E-state index in [0.717, 1.165) is 17.8 Å². The van der Waals surface area contributed by atoms with Gasteiger partial charge in [-0.1, -0.05) is 41.0 Å². The molecule has 0 aromatic carbocycles. The van der Waals surface area contributed by atoms with Crippen LogP contribution in [0.1, 0.15) is 53.9 Å². The van der Waals surface area contributed by atoms with Gasteiger partial charge in [0.05, 0.1) is 0 Å². The predicted octanol–water partition coefficient (Wildman–Crippen LogP) is 4.10. The molecule has 0 aromatic rings. The minimum Gasteiger partial charge on any atom is -0.0625 e. The summed E-state index contributed by atoms with van der Waals surface area (Å²) in [6.45, 7) is 12.0. The van der Waals surface area contributed by atoms with Gasteiger partial charge in [0.2, 0.25) is 0 Å². The zero-order valence-corrected chi connectivity index (χ0v) is 9.35. The first-order chi connectivity index (χ1) is 5.48. The van der Waals surface area contributed by atoms with Crippen LogP contribution in [-0.2, 0) is 0 Å². The maximum Gasteiger partial charge on any atom is -0.0272 e. The van der Waals surface area contributed by atoms with E-state index < -0.39 is 0 Å². The quantitative estimate of drug-likeness (QED) is 0.582. The molecule has 0 N–H and O–H groups in total. The lowest BCUT2D eigenvalue weighted by molar-refractivity contribution is 0.111. The molecule has 1 aliphatic carbocycles. The van der Waals surface area contributed by atoms with Crippen LogP contribution < -0.4 is 0 Å². The van der Waals surface area contributed by atoms with E-state index in [4.69, 9.17) is 0 Å². The fourth-order valence-electron chi connectivity index (χ4n) is 3.03. The van der Waals surface area contributed by atoms with Crippen molar-refractivity contribution in [1.82, 2.24) is 0 Å². The Morgan fingerprint density at radius 2 is 1.75 bits per heavy atom. The molecule has 0 heteroatoms. The summed E-state index contributed by atoms with van der Waals surface area (Å²) < 4.78 is 0. The monoisotopic (exact) mass is 168 g/mol. The standard InChI is InChI=1S/C12H24/c1-9(2)11-7-6-8-12(11,5)10(3)4/h9-11H,6-8H2,1-5H3. The van der Waals surface area contributed by atoms with E-state index in [0.29, 0.717) is 5.41 Å². The number of hydrogen-bond donors (Lipinski definition) is 0. The van der Waals surface area contributed by atoms with Crippen molar-refractivity contribution < 1.29 is 0 Å². The van der Waals surface area contributed by atoms with Gasteiger partial charge in [-0.3, -0.25) is 0 Å². The second kappa shape index (κ2) is 3.40. The highest BCUT2D eigenvalue weighted by Crippen LogP contribution is 2.51. The molecule has 0 bridgehead atoms. The first kappa shape index (κ1) is 10.1. The van der Waals surface area contributed by atoms with Gasteiger partial charge in [-0.05, 0) is 36.0 Å². The molecule has 1 aliphatic rings. The Labute approximate surface area is 77.7 Å². The molecular weight excluding hydrogens is 144 g/mol. The lowest BCUT2D eigenvalue weighted by atomic mass is 9.67. The Morgan fingerprint density at radius 3 is 2.08 bits per heavy atom. The third-order valence-corrected chi connectivity index (χ3v) is 4.20. The van der Waals surface area contributed by atoms with Crippen LogP contribution in [0.3, 0.4) is 0 Å². The Hall–Kier alpha value is 0. The zero-order valence-electron chi connectivity index (χ0n) is 9.35. The molecule has 0 spiro atoms. The second-order valence-corrected chi connectivity index (χ2v) is 5.40. The SMILES string of the molecule is CC(C)C1CCCC1(C)C(C)C. The summed E-state index contributed by atoms with van der Waals surface area (Å²) in [6.07, 6.45) is 4.37. The van der Waals surface area contributed by atoms with Gasteiger partial charge in [0, 0.05) is 0 Å². The van der Waals surface area contributed by atoms with Crippen LogP contribution >= 0.6 is 0 Å². The van der Waals surface area contributed by atoms with E-state index in [1.165, 1.54) is 19.3 Å². The molecule has 1 saturated carbocycles. The number of hydrogen-bond acceptors (Lipinski definition) is 0. The topological polar surface area (TPSA) is 0 Å². The third kappa shape index (κ3) is 1.53. The van der Waals surface area contributed by atoms with Crippen LogP contribution in [0.15, 0.2) is 0 Å². The first-order valence-corrected chi connectivity index (χ1v) is 5.48. The van der Waals surface area contributed by atoms with Gasteiger partial charge >= 0.3 is 0 Å². The van der Waals surface area contributed by atoms with Crippen molar-refractivity contribution in [2.45, 2.75) is 53.9 Å². The molecule has 1 fully saturated rings. The highest BCUT2D eigenvalue weighted by atomic mass is 14.5. The van der Waals surface area contributed by atoms with Gasteiger partial charge in [-0.2, -0.15) is 0 Å². The minimum absolute atomic E-state index is 0.633. The van der Waals surface area contributed by atoms with Crippen LogP contribution in [0.2, 0.25) is 0 Å². The zero-order chi connectivity index (χ0) is 9.35. The molecule has 0 aromatic heterocycles. The second-order valence-electron chi connectivity index (χ2n) is 5.40. The summed E-state index contributed by atoms with van der Waals surface area (Å²) in [7, 11) is 0. The van der Waals surface area contributed by atoms with Crippen LogP contribution in [0, 0.1) is 23.2 Å². The van der Waals surface area contributed by atoms with Crippen LogP contribution in [-0.4, -0.2) is 0 Å². The van der Waals surface area contributed by atoms with Gasteiger partial charge in [0.15, 0.2) is 0 Å². The van der Waals surface area contributed by atoms with Crippen molar-refractivity contribution in [2.75, 3.05) is 0 Å². The molecule has 0 saturated heterocycles. The smallest absolute Gasteiger partial charge is 0.0272 e. The largest absolute Gasteiger partial charge is 0.0625 e. The van der Waals surface area contributed by atoms with Crippen molar-refractivity contribution in [3.63, 3.8) is 0 Å². The molecule has 2 atom stereocenters. The summed E-state index contributed by atoms with van der Waals surface area (Å²) in [4.78, 5) is 0. The fourth-order valence-corrected chi connectivity index (χ4v) is 3.03. The molecule has 0 nitrogen and oxygen atoms in total. The third-order valence-electron chi connectivity index (χ3n) is 4.20. The van der Waals surface area contributed by atoms with E-state index in [9.17, 15) is 0 Å². The molecule has 1 rings (SSSR count). The van der Waals surface area contributed by atoms with Crippen molar-refractivity contribution in [1.29, 1.82) is 0 Å².